The number of hydrogen-bond acceptors (Lipinski definition) is 6. The number of rotatable bonds is 4. The lowest BCUT2D eigenvalue weighted by Gasteiger charge is -1.98. The minimum Gasteiger partial charge on any atom is -0.466 e. The van der Waals surface area contributed by atoms with Crippen molar-refractivity contribution < 1.29 is 19.5 Å². The van der Waals surface area contributed by atoms with Crippen molar-refractivity contribution in [2.75, 3.05) is 13.7 Å². The van der Waals surface area contributed by atoms with Gasteiger partial charge in [-0.3, -0.25) is 4.98 Å². The Morgan fingerprint density at radius 3 is 2.83 bits per heavy atom. The highest BCUT2D eigenvalue weighted by Gasteiger charge is 2.11. The molecule has 0 radical (unpaired) electrons. The summed E-state index contributed by atoms with van der Waals surface area (Å²) in [6.07, 6.45) is 3.19. The van der Waals surface area contributed by atoms with Gasteiger partial charge in [0.15, 0.2) is 6.61 Å². The van der Waals surface area contributed by atoms with Crippen molar-refractivity contribution in [3.63, 3.8) is 0 Å². The zero-order valence-electron chi connectivity index (χ0n) is 9.61. The Balaban J connectivity index is 2.15. The largest absolute Gasteiger partial charge is 0.466 e. The molecule has 2 aromatic heterocycles. The Morgan fingerprint density at radius 2 is 2.17 bits per heavy atom. The van der Waals surface area contributed by atoms with Crippen molar-refractivity contribution in [3.8, 4) is 17.1 Å². The first-order chi connectivity index (χ1) is 8.70. The average molecular weight is 249 g/mol. The second kappa shape index (κ2) is 5.17. The minimum atomic E-state index is -0.520. The van der Waals surface area contributed by atoms with E-state index in [9.17, 15) is 10.0 Å². The summed E-state index contributed by atoms with van der Waals surface area (Å²) in [7, 11) is 1.26. The number of ether oxygens (including phenoxy) is 2. The summed E-state index contributed by atoms with van der Waals surface area (Å²) in [5, 5.41) is 13.3. The summed E-state index contributed by atoms with van der Waals surface area (Å²) < 4.78 is 9.48. The lowest BCUT2D eigenvalue weighted by molar-refractivity contribution is -0.143. The van der Waals surface area contributed by atoms with Gasteiger partial charge in [-0.1, -0.05) is 9.94 Å². The van der Waals surface area contributed by atoms with Crippen molar-refractivity contribution in [2.24, 2.45) is 0 Å². The molecule has 0 aliphatic heterocycles. The molecule has 18 heavy (non-hydrogen) atoms. The molecule has 0 atom stereocenters. The fraction of sp³-hybridized carbons (Fsp3) is 0.182. The van der Waals surface area contributed by atoms with Crippen molar-refractivity contribution >= 4 is 5.97 Å². The lowest BCUT2D eigenvalue weighted by atomic mass is 10.2. The van der Waals surface area contributed by atoms with Crippen molar-refractivity contribution in [1.29, 1.82) is 0 Å². The van der Waals surface area contributed by atoms with Crippen molar-refractivity contribution in [2.45, 2.75) is 0 Å². The Bertz CT molecular complexity index is 538. The highest BCUT2D eigenvalue weighted by Crippen LogP contribution is 2.21. The highest BCUT2D eigenvalue weighted by atomic mass is 16.6. The molecule has 0 unspecified atom stereocenters. The number of nitrogens with zero attached hydrogens (tertiary/aromatic N) is 3. The third-order valence-corrected chi connectivity index (χ3v) is 2.21. The predicted molar refractivity (Wildman–Crippen MR) is 60.2 cm³/mol. The van der Waals surface area contributed by atoms with Gasteiger partial charge in [-0.05, 0) is 12.1 Å². The van der Waals surface area contributed by atoms with E-state index >= 15 is 0 Å². The van der Waals surface area contributed by atoms with Gasteiger partial charge in [0.25, 0.3) is 0 Å². The maximum absolute atomic E-state index is 10.9. The van der Waals surface area contributed by atoms with Gasteiger partial charge in [-0.25, -0.2) is 4.79 Å². The molecule has 7 nitrogen and oxygen atoms in total. The smallest absolute Gasteiger partial charge is 0.343 e. The zero-order valence-corrected chi connectivity index (χ0v) is 9.61. The number of carbonyl (C=O) groups excluding carboxylic acids is 1. The molecule has 2 heterocycles. The van der Waals surface area contributed by atoms with Crippen LogP contribution in [0.5, 0.6) is 5.88 Å². The summed E-state index contributed by atoms with van der Waals surface area (Å²) in [5.41, 5.74) is 1.17. The maximum atomic E-state index is 10.9. The van der Waals surface area contributed by atoms with Gasteiger partial charge < -0.3 is 14.7 Å². The van der Waals surface area contributed by atoms with Gasteiger partial charge in [0.1, 0.15) is 5.69 Å². The number of methoxy groups -OCH3 is 1. The molecule has 0 saturated heterocycles. The van der Waals surface area contributed by atoms with Gasteiger partial charge in [0, 0.05) is 24.0 Å². The number of pyridine rings is 1. The molecule has 0 spiro atoms. The van der Waals surface area contributed by atoms with Crippen LogP contribution in [-0.2, 0) is 9.53 Å². The summed E-state index contributed by atoms with van der Waals surface area (Å²) in [6, 6.07) is 4.94. The van der Waals surface area contributed by atoms with Crippen LogP contribution in [0.1, 0.15) is 0 Å². The Labute approximate surface area is 103 Å². The molecule has 0 aromatic carbocycles. The first-order valence-electron chi connectivity index (χ1n) is 5.10. The van der Waals surface area contributed by atoms with E-state index in [1.54, 1.807) is 24.5 Å². The topological polar surface area (TPSA) is 86.5 Å². The quantitative estimate of drug-likeness (QED) is 0.635. The number of carbonyl (C=O) groups is 1. The minimum absolute atomic E-state index is 0.134. The Hall–Kier alpha value is -2.57. The van der Waals surface area contributed by atoms with Gasteiger partial charge >= 0.3 is 5.97 Å². The second-order valence-electron chi connectivity index (χ2n) is 3.36. The van der Waals surface area contributed by atoms with Gasteiger partial charge in [0.05, 0.1) is 7.11 Å². The third kappa shape index (κ3) is 2.57. The highest BCUT2D eigenvalue weighted by molar-refractivity contribution is 5.70. The fourth-order valence-electron chi connectivity index (χ4n) is 1.33. The van der Waals surface area contributed by atoms with Crippen LogP contribution < -0.4 is 4.74 Å². The van der Waals surface area contributed by atoms with Crippen LogP contribution >= 0.6 is 0 Å². The molecular weight excluding hydrogens is 238 g/mol. The standard InChI is InChI=1S/C11H11N3O4/c1-17-11(15)7-18-10-6-9(14(16)13-10)8-2-4-12-5-3-8/h2-6,16H,7H2,1H3. The van der Waals surface area contributed by atoms with Gasteiger partial charge in [-0.15, -0.1) is 0 Å². The van der Waals surface area contributed by atoms with Crippen LogP contribution in [0.3, 0.4) is 0 Å². The lowest BCUT2D eigenvalue weighted by Crippen LogP contribution is -2.12. The maximum Gasteiger partial charge on any atom is 0.343 e. The van der Waals surface area contributed by atoms with E-state index in [-0.39, 0.29) is 12.5 Å². The summed E-state index contributed by atoms with van der Waals surface area (Å²) in [6.45, 7) is -0.261. The predicted octanol–water partition coefficient (Wildman–Crippen LogP) is 0.734. The molecular formula is C11H11N3O4. The average Bonchev–Trinajstić information content (AvgIpc) is 2.78. The van der Waals surface area contributed by atoms with Crippen LogP contribution in [0.15, 0.2) is 30.6 Å². The molecule has 1 N–H and O–H groups in total. The molecule has 94 valence electrons. The first kappa shape index (κ1) is 11.9. The van der Waals surface area contributed by atoms with E-state index in [1.165, 1.54) is 13.2 Å². The van der Waals surface area contributed by atoms with Crippen LogP contribution in [0.4, 0.5) is 0 Å². The van der Waals surface area contributed by atoms with E-state index in [4.69, 9.17) is 4.74 Å². The first-order valence-corrected chi connectivity index (χ1v) is 5.10. The second-order valence-corrected chi connectivity index (χ2v) is 3.36. The third-order valence-electron chi connectivity index (χ3n) is 2.21. The fourth-order valence-corrected chi connectivity index (χ4v) is 1.33. The van der Waals surface area contributed by atoms with Crippen LogP contribution in [-0.4, -0.2) is 39.8 Å². The van der Waals surface area contributed by atoms with E-state index < -0.39 is 5.97 Å². The number of hydrogen-bond donors (Lipinski definition) is 1. The Morgan fingerprint density at radius 1 is 1.44 bits per heavy atom. The molecule has 0 fully saturated rings. The molecule has 7 heteroatoms. The molecule has 0 bridgehead atoms. The van der Waals surface area contributed by atoms with E-state index in [0.29, 0.717) is 10.5 Å². The molecule has 0 aliphatic rings. The van der Waals surface area contributed by atoms with Gasteiger partial charge in [-0.2, -0.15) is 0 Å². The molecule has 0 saturated carbocycles. The van der Waals surface area contributed by atoms with Crippen LogP contribution in [0.25, 0.3) is 11.3 Å². The number of aromatic nitrogens is 3. The monoisotopic (exact) mass is 249 g/mol. The molecule has 2 rings (SSSR count). The van der Waals surface area contributed by atoms with Crippen molar-refractivity contribution in [1.82, 2.24) is 14.9 Å². The summed E-state index contributed by atoms with van der Waals surface area (Å²) in [5.74, 6) is -0.386. The van der Waals surface area contributed by atoms with E-state index in [1.807, 2.05) is 0 Å². The SMILES string of the molecule is COC(=O)COc1cc(-c2ccncc2)n(O)n1. The zero-order chi connectivity index (χ0) is 13.0. The van der Waals surface area contributed by atoms with Crippen LogP contribution in [0.2, 0.25) is 0 Å². The Kier molecular flexibility index (Phi) is 3.42. The van der Waals surface area contributed by atoms with E-state index in [2.05, 4.69) is 14.8 Å². The van der Waals surface area contributed by atoms with Crippen LogP contribution in [0, 0.1) is 0 Å². The number of esters is 1. The summed E-state index contributed by atoms with van der Waals surface area (Å²) >= 11 is 0. The van der Waals surface area contributed by atoms with Gasteiger partial charge in [0.2, 0.25) is 5.88 Å². The van der Waals surface area contributed by atoms with Crippen molar-refractivity contribution in [3.05, 3.63) is 30.6 Å². The normalized spacial score (nSPS) is 10.1. The molecule has 2 aromatic rings. The molecule has 0 amide bonds. The van der Waals surface area contributed by atoms with E-state index in [0.717, 1.165) is 5.56 Å². The molecule has 0 aliphatic carbocycles. The summed E-state index contributed by atoms with van der Waals surface area (Å²) in [4.78, 5) is 15.5.